The van der Waals surface area contributed by atoms with Crippen LogP contribution in [0, 0.1) is 0 Å². The van der Waals surface area contributed by atoms with Crippen LogP contribution in [0.3, 0.4) is 0 Å². The summed E-state index contributed by atoms with van der Waals surface area (Å²) < 4.78 is 3.45. The number of benzene rings is 1. The SMILES string of the molecule is CCn1cc(C(=O)N2CCC[C@H]2Cn2cc(C(=O)N3CCc4ccccc4C3)nn2)cn1. The van der Waals surface area contributed by atoms with Crippen molar-refractivity contribution in [3.63, 3.8) is 0 Å². The van der Waals surface area contributed by atoms with Crippen molar-refractivity contribution in [2.75, 3.05) is 13.1 Å². The zero-order chi connectivity index (χ0) is 22.1. The third-order valence-electron chi connectivity index (χ3n) is 6.42. The topological polar surface area (TPSA) is 89.2 Å². The first-order chi connectivity index (χ1) is 15.6. The highest BCUT2D eigenvalue weighted by Crippen LogP contribution is 2.22. The maximum Gasteiger partial charge on any atom is 0.276 e. The van der Waals surface area contributed by atoms with E-state index in [9.17, 15) is 9.59 Å². The Bertz CT molecular complexity index is 1130. The molecule has 3 aromatic rings. The smallest absolute Gasteiger partial charge is 0.276 e. The van der Waals surface area contributed by atoms with Gasteiger partial charge in [0.05, 0.1) is 30.5 Å². The average Bonchev–Trinajstić information content (AvgIpc) is 3.59. The highest BCUT2D eigenvalue weighted by atomic mass is 16.2. The molecular formula is C23H27N7O2. The van der Waals surface area contributed by atoms with E-state index in [4.69, 9.17) is 0 Å². The van der Waals surface area contributed by atoms with Gasteiger partial charge in [0, 0.05) is 32.4 Å². The van der Waals surface area contributed by atoms with E-state index in [2.05, 4.69) is 27.5 Å². The highest BCUT2D eigenvalue weighted by Gasteiger charge is 2.31. The van der Waals surface area contributed by atoms with Crippen molar-refractivity contribution in [1.29, 1.82) is 0 Å². The van der Waals surface area contributed by atoms with Gasteiger partial charge in [0.1, 0.15) is 0 Å². The Morgan fingerprint density at radius 2 is 1.91 bits per heavy atom. The van der Waals surface area contributed by atoms with Crippen LogP contribution in [0.5, 0.6) is 0 Å². The Morgan fingerprint density at radius 1 is 1.06 bits per heavy atom. The summed E-state index contributed by atoms with van der Waals surface area (Å²) in [5.74, 6) is -0.104. The molecule has 5 rings (SSSR count). The Kier molecular flexibility index (Phi) is 5.46. The molecule has 2 aliphatic rings. The summed E-state index contributed by atoms with van der Waals surface area (Å²) in [6.45, 7) is 5.24. The average molecular weight is 434 g/mol. The number of rotatable bonds is 5. The molecule has 0 aliphatic carbocycles. The van der Waals surface area contributed by atoms with Crippen LogP contribution in [0.4, 0.5) is 0 Å². The summed E-state index contributed by atoms with van der Waals surface area (Å²) in [7, 11) is 0. The van der Waals surface area contributed by atoms with E-state index in [0.29, 0.717) is 37.4 Å². The number of hydrogen-bond donors (Lipinski definition) is 0. The minimum atomic E-state index is -0.0999. The van der Waals surface area contributed by atoms with E-state index in [1.807, 2.05) is 28.9 Å². The lowest BCUT2D eigenvalue weighted by atomic mass is 10.00. The van der Waals surface area contributed by atoms with Crippen LogP contribution in [-0.4, -0.2) is 65.5 Å². The molecule has 0 bridgehead atoms. The maximum atomic E-state index is 13.0. The lowest BCUT2D eigenvalue weighted by Gasteiger charge is -2.28. The fourth-order valence-corrected chi connectivity index (χ4v) is 4.64. The van der Waals surface area contributed by atoms with Gasteiger partial charge in [-0.3, -0.25) is 14.3 Å². The van der Waals surface area contributed by atoms with Crippen LogP contribution in [-0.2, 0) is 26.1 Å². The fourth-order valence-electron chi connectivity index (χ4n) is 4.64. The summed E-state index contributed by atoms with van der Waals surface area (Å²) in [4.78, 5) is 29.7. The first-order valence-electron chi connectivity index (χ1n) is 11.2. The molecule has 166 valence electrons. The fraction of sp³-hybridized carbons (Fsp3) is 0.435. The van der Waals surface area contributed by atoms with Crippen molar-refractivity contribution in [2.24, 2.45) is 0 Å². The van der Waals surface area contributed by atoms with Crippen LogP contribution in [0.15, 0.2) is 42.9 Å². The zero-order valence-electron chi connectivity index (χ0n) is 18.2. The van der Waals surface area contributed by atoms with Crippen LogP contribution in [0.2, 0.25) is 0 Å². The number of carbonyl (C=O) groups excluding carboxylic acids is 2. The van der Waals surface area contributed by atoms with E-state index in [-0.39, 0.29) is 17.9 Å². The molecule has 9 heteroatoms. The zero-order valence-corrected chi connectivity index (χ0v) is 18.2. The molecule has 32 heavy (non-hydrogen) atoms. The summed E-state index contributed by atoms with van der Waals surface area (Å²) in [5, 5.41) is 12.5. The van der Waals surface area contributed by atoms with Crippen LogP contribution < -0.4 is 0 Å². The first kappa shape index (κ1) is 20.4. The van der Waals surface area contributed by atoms with Crippen molar-refractivity contribution in [1.82, 2.24) is 34.6 Å². The highest BCUT2D eigenvalue weighted by molar-refractivity contribution is 5.94. The molecule has 1 fully saturated rings. The second-order valence-electron chi connectivity index (χ2n) is 8.45. The number of likely N-dealkylation sites (tertiary alicyclic amines) is 1. The monoisotopic (exact) mass is 433 g/mol. The Morgan fingerprint density at radius 3 is 2.72 bits per heavy atom. The summed E-state index contributed by atoms with van der Waals surface area (Å²) in [6, 6.07) is 8.26. The molecule has 0 N–H and O–H groups in total. The summed E-state index contributed by atoms with van der Waals surface area (Å²) in [6.07, 6.45) is 7.83. The Labute approximate surface area is 186 Å². The van der Waals surface area contributed by atoms with Crippen molar-refractivity contribution >= 4 is 11.8 Å². The lowest BCUT2D eigenvalue weighted by molar-refractivity contribution is 0.0714. The van der Waals surface area contributed by atoms with Gasteiger partial charge >= 0.3 is 0 Å². The molecule has 0 unspecified atom stereocenters. The number of fused-ring (bicyclic) bond motifs is 1. The molecule has 1 aromatic carbocycles. The van der Waals surface area contributed by atoms with E-state index >= 15 is 0 Å². The van der Waals surface area contributed by atoms with Gasteiger partial charge in [0.2, 0.25) is 0 Å². The quantitative estimate of drug-likeness (QED) is 0.614. The Hall–Kier alpha value is -3.49. The molecule has 4 heterocycles. The second kappa shape index (κ2) is 8.57. The van der Waals surface area contributed by atoms with Gasteiger partial charge in [-0.25, -0.2) is 4.68 Å². The predicted octanol–water partition coefficient (Wildman–Crippen LogP) is 2.00. The van der Waals surface area contributed by atoms with Gasteiger partial charge in [-0.15, -0.1) is 5.10 Å². The number of hydrogen-bond acceptors (Lipinski definition) is 5. The van der Waals surface area contributed by atoms with Crippen LogP contribution in [0.1, 0.15) is 51.7 Å². The minimum absolute atomic E-state index is 0.00408. The summed E-state index contributed by atoms with van der Waals surface area (Å²) >= 11 is 0. The first-order valence-corrected chi connectivity index (χ1v) is 11.2. The van der Waals surface area contributed by atoms with E-state index in [1.165, 1.54) is 11.1 Å². The second-order valence-corrected chi connectivity index (χ2v) is 8.45. The molecule has 9 nitrogen and oxygen atoms in total. The molecule has 2 aliphatic heterocycles. The van der Waals surface area contributed by atoms with Crippen molar-refractivity contribution in [3.8, 4) is 0 Å². The van der Waals surface area contributed by atoms with Gasteiger partial charge in [0.25, 0.3) is 11.8 Å². The van der Waals surface area contributed by atoms with E-state index in [0.717, 1.165) is 25.8 Å². The van der Waals surface area contributed by atoms with E-state index < -0.39 is 0 Å². The number of carbonyl (C=O) groups is 2. The number of aryl methyl sites for hydroxylation is 1. The van der Waals surface area contributed by atoms with Gasteiger partial charge in [0.15, 0.2) is 5.69 Å². The standard InChI is InChI=1S/C23H27N7O2/c1-2-28-14-19(12-24-28)22(31)30-10-5-8-20(30)15-29-16-21(25-26-29)23(32)27-11-9-17-6-3-4-7-18(17)13-27/h3-4,6-7,12,14,16,20H,2,5,8-11,13,15H2,1H3/t20-/m0/s1. The van der Waals surface area contributed by atoms with Crippen molar-refractivity contribution < 1.29 is 9.59 Å². The van der Waals surface area contributed by atoms with E-state index in [1.54, 1.807) is 28.0 Å². The van der Waals surface area contributed by atoms with Gasteiger partial charge < -0.3 is 9.80 Å². The third-order valence-corrected chi connectivity index (χ3v) is 6.42. The molecular weight excluding hydrogens is 406 g/mol. The van der Waals surface area contributed by atoms with Gasteiger partial charge in [-0.05, 0) is 37.3 Å². The van der Waals surface area contributed by atoms with Crippen LogP contribution >= 0.6 is 0 Å². The number of nitrogens with zero attached hydrogens (tertiary/aromatic N) is 7. The lowest BCUT2D eigenvalue weighted by Crippen LogP contribution is -2.38. The minimum Gasteiger partial charge on any atom is -0.334 e. The third kappa shape index (κ3) is 3.90. The molecule has 2 amide bonds. The molecule has 0 saturated carbocycles. The molecule has 0 spiro atoms. The Balaban J connectivity index is 1.25. The summed E-state index contributed by atoms with van der Waals surface area (Å²) in [5.41, 5.74) is 3.45. The normalized spacial score (nSPS) is 18.1. The predicted molar refractivity (Wildman–Crippen MR) is 117 cm³/mol. The van der Waals surface area contributed by atoms with Gasteiger partial charge in [-0.2, -0.15) is 5.10 Å². The maximum absolute atomic E-state index is 13.0. The number of amides is 2. The largest absolute Gasteiger partial charge is 0.334 e. The van der Waals surface area contributed by atoms with Crippen molar-refractivity contribution in [3.05, 3.63) is 65.2 Å². The van der Waals surface area contributed by atoms with Crippen LogP contribution in [0.25, 0.3) is 0 Å². The molecule has 0 radical (unpaired) electrons. The van der Waals surface area contributed by atoms with Gasteiger partial charge in [-0.1, -0.05) is 29.5 Å². The molecule has 1 atom stereocenters. The molecule has 1 saturated heterocycles. The number of aromatic nitrogens is 5. The van der Waals surface area contributed by atoms with Crippen molar-refractivity contribution in [2.45, 2.75) is 51.9 Å². The molecule has 2 aromatic heterocycles.